The van der Waals surface area contributed by atoms with Gasteiger partial charge in [-0.05, 0) is 23.6 Å². The van der Waals surface area contributed by atoms with Crippen LogP contribution in [-0.4, -0.2) is 30.8 Å². The highest BCUT2D eigenvalue weighted by Gasteiger charge is 2.39. The topological polar surface area (TPSA) is 86.7 Å². The number of hydrogen-bond acceptors (Lipinski definition) is 4. The fraction of sp³-hybridized carbons (Fsp3) is 0.0500. The van der Waals surface area contributed by atoms with Crippen molar-refractivity contribution >= 4 is 38.1 Å². The van der Waals surface area contributed by atoms with Crippen LogP contribution in [0.15, 0.2) is 77.3 Å². The van der Waals surface area contributed by atoms with Gasteiger partial charge in [0.05, 0.1) is 0 Å². The fourth-order valence-corrected chi connectivity index (χ4v) is 4.79. The molecule has 0 aromatic heterocycles. The number of rotatable bonds is 2. The summed E-state index contributed by atoms with van der Waals surface area (Å²) in [6.45, 7) is 0. The predicted molar refractivity (Wildman–Crippen MR) is 104 cm³/mol. The Bertz CT molecular complexity index is 1200. The zero-order chi connectivity index (χ0) is 19.2. The maximum atomic E-state index is 13.1. The zero-order valence-electron chi connectivity index (χ0n) is 14.4. The number of fused-ring (bicyclic) bond motifs is 3. The molecule has 0 spiro atoms. The van der Waals surface area contributed by atoms with E-state index in [-0.39, 0.29) is 21.9 Å². The first-order chi connectivity index (χ1) is 12.9. The van der Waals surface area contributed by atoms with Crippen LogP contribution in [0.3, 0.4) is 0 Å². The molecule has 3 aromatic carbocycles. The van der Waals surface area contributed by atoms with Gasteiger partial charge in [-0.3, -0.25) is 9.10 Å². The molecule has 0 bridgehead atoms. The number of benzene rings is 3. The standard InChI is InChI=1S/C20H16N2O4S/c1-22-17(20(24)21-14-8-3-2-4-9-14)18(23)16-12-11-13-7-5-6-10-15(13)19(16)27(22,25)26/h2-12,23H,1H3,(H,21,24). The number of hydrogen-bond donors (Lipinski definition) is 2. The van der Waals surface area contributed by atoms with Gasteiger partial charge in [0.1, 0.15) is 4.90 Å². The SMILES string of the molecule is CN1C(C(=O)Nc2ccccc2)=C(O)c2ccc3ccccc3c2S1(=O)=O. The van der Waals surface area contributed by atoms with Crippen molar-refractivity contribution in [1.29, 1.82) is 0 Å². The van der Waals surface area contributed by atoms with Gasteiger partial charge in [0.2, 0.25) is 0 Å². The summed E-state index contributed by atoms with van der Waals surface area (Å²) in [5.41, 5.74) is 0.296. The van der Waals surface area contributed by atoms with Crippen molar-refractivity contribution in [2.75, 3.05) is 12.4 Å². The molecule has 3 aromatic rings. The van der Waals surface area contributed by atoms with Crippen LogP contribution in [0.4, 0.5) is 5.69 Å². The van der Waals surface area contributed by atoms with Crippen LogP contribution in [0, 0.1) is 0 Å². The minimum atomic E-state index is -4.01. The molecule has 0 fully saturated rings. The van der Waals surface area contributed by atoms with E-state index in [1.54, 1.807) is 54.6 Å². The highest BCUT2D eigenvalue weighted by atomic mass is 32.2. The van der Waals surface area contributed by atoms with Gasteiger partial charge in [-0.25, -0.2) is 8.42 Å². The number of amides is 1. The first-order valence-corrected chi connectivity index (χ1v) is 9.66. The second kappa shape index (κ2) is 6.14. The molecule has 0 radical (unpaired) electrons. The largest absolute Gasteiger partial charge is 0.505 e. The number of nitrogens with zero attached hydrogens (tertiary/aromatic N) is 1. The summed E-state index contributed by atoms with van der Waals surface area (Å²) in [4.78, 5) is 12.7. The molecule has 136 valence electrons. The summed E-state index contributed by atoms with van der Waals surface area (Å²) in [5.74, 6) is -1.08. The number of aliphatic hydroxyl groups is 1. The van der Waals surface area contributed by atoms with E-state index in [0.29, 0.717) is 11.1 Å². The van der Waals surface area contributed by atoms with Crippen molar-refractivity contribution in [3.63, 3.8) is 0 Å². The Labute approximate surface area is 156 Å². The van der Waals surface area contributed by atoms with Crippen LogP contribution in [-0.2, 0) is 14.8 Å². The van der Waals surface area contributed by atoms with E-state index in [9.17, 15) is 18.3 Å². The molecule has 1 aliphatic rings. The van der Waals surface area contributed by atoms with Gasteiger partial charge in [-0.15, -0.1) is 0 Å². The van der Waals surface area contributed by atoms with E-state index in [1.165, 1.54) is 13.1 Å². The number of anilines is 1. The first-order valence-electron chi connectivity index (χ1n) is 8.22. The highest BCUT2D eigenvalue weighted by molar-refractivity contribution is 7.89. The molecule has 27 heavy (non-hydrogen) atoms. The van der Waals surface area contributed by atoms with Crippen molar-refractivity contribution in [2.45, 2.75) is 4.90 Å². The lowest BCUT2D eigenvalue weighted by molar-refractivity contribution is -0.113. The molecule has 7 heteroatoms. The molecule has 0 unspecified atom stereocenters. The maximum absolute atomic E-state index is 13.1. The van der Waals surface area contributed by atoms with E-state index >= 15 is 0 Å². The van der Waals surface area contributed by atoms with Crippen LogP contribution in [0.1, 0.15) is 5.56 Å². The van der Waals surface area contributed by atoms with Gasteiger partial charge in [-0.1, -0.05) is 48.5 Å². The monoisotopic (exact) mass is 380 g/mol. The molecule has 0 atom stereocenters. The van der Waals surface area contributed by atoms with E-state index in [0.717, 1.165) is 9.69 Å². The number of aliphatic hydroxyl groups excluding tert-OH is 1. The molecule has 0 aliphatic carbocycles. The summed E-state index contributed by atoms with van der Waals surface area (Å²) in [6.07, 6.45) is 0. The van der Waals surface area contributed by atoms with Crippen molar-refractivity contribution in [3.05, 3.63) is 78.0 Å². The van der Waals surface area contributed by atoms with Crippen molar-refractivity contribution in [2.24, 2.45) is 0 Å². The summed E-state index contributed by atoms with van der Waals surface area (Å²) in [7, 11) is -2.75. The average Bonchev–Trinajstić information content (AvgIpc) is 2.66. The minimum Gasteiger partial charge on any atom is -0.505 e. The van der Waals surface area contributed by atoms with Gasteiger partial charge in [0.15, 0.2) is 11.5 Å². The molecule has 2 N–H and O–H groups in total. The summed E-state index contributed by atoms with van der Waals surface area (Å²) in [6, 6.07) is 18.9. The van der Waals surface area contributed by atoms with Gasteiger partial charge < -0.3 is 10.4 Å². The number of para-hydroxylation sites is 1. The number of carbonyl (C=O) groups is 1. The Balaban J connectivity index is 1.91. The third-order valence-electron chi connectivity index (χ3n) is 4.54. The third-order valence-corrected chi connectivity index (χ3v) is 6.40. The molecular weight excluding hydrogens is 364 g/mol. The second-order valence-electron chi connectivity index (χ2n) is 6.15. The highest BCUT2D eigenvalue weighted by Crippen LogP contribution is 2.39. The Morgan fingerprint density at radius 3 is 2.37 bits per heavy atom. The lowest BCUT2D eigenvalue weighted by atomic mass is 10.0. The van der Waals surface area contributed by atoms with E-state index in [1.807, 2.05) is 6.07 Å². The molecule has 1 heterocycles. The number of likely N-dealkylation sites (N-methyl/N-ethyl adjacent to an activating group) is 1. The molecule has 4 rings (SSSR count). The van der Waals surface area contributed by atoms with Crippen LogP contribution >= 0.6 is 0 Å². The lowest BCUT2D eigenvalue weighted by Crippen LogP contribution is -2.37. The molecular formula is C20H16N2O4S. The predicted octanol–water partition coefficient (Wildman–Crippen LogP) is 3.34. The van der Waals surface area contributed by atoms with Crippen LogP contribution in [0.25, 0.3) is 16.5 Å². The van der Waals surface area contributed by atoms with Crippen LogP contribution in [0.5, 0.6) is 0 Å². The number of carbonyl (C=O) groups excluding carboxylic acids is 1. The quantitative estimate of drug-likeness (QED) is 0.714. The average molecular weight is 380 g/mol. The smallest absolute Gasteiger partial charge is 0.276 e. The van der Waals surface area contributed by atoms with E-state index in [4.69, 9.17) is 0 Å². The van der Waals surface area contributed by atoms with Gasteiger partial charge in [0.25, 0.3) is 15.9 Å². The molecule has 0 saturated carbocycles. The Kier molecular flexibility index (Phi) is 3.89. The van der Waals surface area contributed by atoms with E-state index < -0.39 is 15.9 Å². The van der Waals surface area contributed by atoms with Crippen LogP contribution in [0.2, 0.25) is 0 Å². The van der Waals surface area contributed by atoms with Gasteiger partial charge in [-0.2, -0.15) is 0 Å². The molecule has 6 nitrogen and oxygen atoms in total. The second-order valence-corrected chi connectivity index (χ2v) is 8.06. The fourth-order valence-electron chi connectivity index (χ4n) is 3.20. The molecule has 0 saturated heterocycles. The van der Waals surface area contributed by atoms with Crippen molar-refractivity contribution in [3.8, 4) is 0 Å². The Morgan fingerprint density at radius 1 is 0.963 bits per heavy atom. The van der Waals surface area contributed by atoms with Gasteiger partial charge in [0, 0.05) is 23.7 Å². The van der Waals surface area contributed by atoms with Gasteiger partial charge >= 0.3 is 0 Å². The number of nitrogens with one attached hydrogen (secondary N) is 1. The normalized spacial score (nSPS) is 15.5. The Hall–Kier alpha value is -3.32. The minimum absolute atomic E-state index is 0.00291. The molecule has 1 amide bonds. The number of sulfonamides is 1. The summed E-state index contributed by atoms with van der Waals surface area (Å²) >= 11 is 0. The Morgan fingerprint density at radius 2 is 1.63 bits per heavy atom. The first kappa shape index (κ1) is 17.1. The molecule has 1 aliphatic heterocycles. The third kappa shape index (κ3) is 2.63. The lowest BCUT2D eigenvalue weighted by Gasteiger charge is -2.29. The maximum Gasteiger partial charge on any atom is 0.276 e. The summed E-state index contributed by atoms with van der Waals surface area (Å²) < 4.78 is 27.1. The van der Waals surface area contributed by atoms with Crippen molar-refractivity contribution in [1.82, 2.24) is 4.31 Å². The zero-order valence-corrected chi connectivity index (χ0v) is 15.2. The summed E-state index contributed by atoms with van der Waals surface area (Å²) in [5, 5.41) is 14.6. The van der Waals surface area contributed by atoms with Crippen molar-refractivity contribution < 1.29 is 18.3 Å². The van der Waals surface area contributed by atoms with Crippen LogP contribution < -0.4 is 5.32 Å². The van der Waals surface area contributed by atoms with E-state index in [2.05, 4.69) is 5.32 Å².